The number of rotatable bonds is 6. The number of halogens is 3. The summed E-state index contributed by atoms with van der Waals surface area (Å²) in [4.78, 5) is 12.0. The fourth-order valence-electron chi connectivity index (χ4n) is 2.58. The lowest BCUT2D eigenvalue weighted by Crippen LogP contribution is -2.48. The lowest BCUT2D eigenvalue weighted by atomic mass is 9.84. The molecule has 1 aliphatic rings. The summed E-state index contributed by atoms with van der Waals surface area (Å²) in [7, 11) is 0. The number of hydrogen-bond acceptors (Lipinski definition) is 6. The Morgan fingerprint density at radius 3 is 2.75 bits per heavy atom. The average molecular weight is 383 g/mol. The number of nitrogens with zero attached hydrogens (tertiary/aromatic N) is 2. The summed E-state index contributed by atoms with van der Waals surface area (Å²) < 4.78 is 45.0. The first kappa shape index (κ1) is 19.3. The summed E-state index contributed by atoms with van der Waals surface area (Å²) in [6, 6.07) is -0.832. The molecular formula is C14H20F3N3O2S2. The molecule has 0 unspecified atom stereocenters. The van der Waals surface area contributed by atoms with Crippen LogP contribution in [0.15, 0.2) is 4.34 Å². The molecule has 1 aromatic heterocycles. The van der Waals surface area contributed by atoms with Gasteiger partial charge in [0.05, 0.1) is 17.8 Å². The van der Waals surface area contributed by atoms with Gasteiger partial charge < -0.3 is 10.1 Å². The van der Waals surface area contributed by atoms with Crippen LogP contribution in [-0.2, 0) is 4.79 Å². The van der Waals surface area contributed by atoms with Gasteiger partial charge in [-0.1, -0.05) is 29.7 Å². The molecule has 0 spiro atoms. The fourth-order valence-corrected chi connectivity index (χ4v) is 4.19. The molecule has 0 aromatic carbocycles. The second-order valence-electron chi connectivity index (χ2n) is 5.90. The van der Waals surface area contributed by atoms with Gasteiger partial charge in [0.25, 0.3) is 5.19 Å². The quantitative estimate of drug-likeness (QED) is 0.760. The fraction of sp³-hybridized carbons (Fsp3) is 0.786. The first-order chi connectivity index (χ1) is 11.3. The number of alkyl halides is 3. The van der Waals surface area contributed by atoms with Gasteiger partial charge in [0.1, 0.15) is 0 Å². The number of aromatic nitrogens is 2. The Kier molecular flexibility index (Phi) is 6.73. The highest BCUT2D eigenvalue weighted by molar-refractivity contribution is 8.01. The summed E-state index contributed by atoms with van der Waals surface area (Å²) in [5, 5.41) is 10.7. The van der Waals surface area contributed by atoms with Crippen molar-refractivity contribution < 1.29 is 22.7 Å². The van der Waals surface area contributed by atoms with Crippen LogP contribution in [0.25, 0.3) is 0 Å². The molecular weight excluding hydrogens is 363 g/mol. The van der Waals surface area contributed by atoms with Crippen molar-refractivity contribution in [3.63, 3.8) is 0 Å². The zero-order chi connectivity index (χ0) is 17.7. The van der Waals surface area contributed by atoms with Crippen LogP contribution in [0.5, 0.6) is 5.19 Å². The summed E-state index contributed by atoms with van der Waals surface area (Å²) in [6.45, 7) is 3.73. The zero-order valence-electron chi connectivity index (χ0n) is 13.4. The van der Waals surface area contributed by atoms with E-state index in [2.05, 4.69) is 15.5 Å². The van der Waals surface area contributed by atoms with Crippen LogP contribution in [0, 0.1) is 5.92 Å². The summed E-state index contributed by atoms with van der Waals surface area (Å²) in [6.07, 6.45) is -2.59. The Bertz CT molecular complexity index is 552. The van der Waals surface area contributed by atoms with E-state index in [-0.39, 0.29) is 18.3 Å². The first-order valence-corrected chi connectivity index (χ1v) is 9.55. The molecule has 1 saturated carbocycles. The number of carbonyl (C=O) groups excluding carboxylic acids is 1. The summed E-state index contributed by atoms with van der Waals surface area (Å²) in [5.74, 6) is -1.85. The van der Waals surface area contributed by atoms with Crippen molar-refractivity contribution in [2.75, 3.05) is 5.75 Å². The van der Waals surface area contributed by atoms with Crippen molar-refractivity contribution in [2.45, 2.75) is 62.2 Å². The SMILES string of the molecule is CC(C)Oc1nnc(SCC(=O)N[C@H]2CCCC[C@@H]2C(F)(F)F)s1. The molecule has 1 heterocycles. The average Bonchev–Trinajstić information content (AvgIpc) is 2.91. The Hall–Kier alpha value is -1.03. The molecule has 1 aliphatic carbocycles. The van der Waals surface area contributed by atoms with Gasteiger partial charge in [-0.15, -0.1) is 5.10 Å². The Morgan fingerprint density at radius 1 is 1.38 bits per heavy atom. The molecule has 0 radical (unpaired) electrons. The predicted octanol–water partition coefficient (Wildman–Crippen LogP) is 3.65. The van der Waals surface area contributed by atoms with Crippen LogP contribution >= 0.6 is 23.1 Å². The van der Waals surface area contributed by atoms with E-state index in [1.165, 1.54) is 11.3 Å². The highest BCUT2D eigenvalue weighted by Crippen LogP contribution is 2.37. The van der Waals surface area contributed by atoms with E-state index in [1.54, 1.807) is 0 Å². The second-order valence-corrected chi connectivity index (χ2v) is 8.06. The smallest absolute Gasteiger partial charge is 0.393 e. The molecule has 2 rings (SSSR count). The Labute approximate surface area is 146 Å². The van der Waals surface area contributed by atoms with E-state index in [0.29, 0.717) is 28.8 Å². The predicted molar refractivity (Wildman–Crippen MR) is 86.3 cm³/mol. The number of amides is 1. The van der Waals surface area contributed by atoms with Gasteiger partial charge in [-0.3, -0.25) is 4.79 Å². The number of hydrogen-bond donors (Lipinski definition) is 1. The first-order valence-electron chi connectivity index (χ1n) is 7.74. The molecule has 24 heavy (non-hydrogen) atoms. The maximum absolute atomic E-state index is 13.0. The van der Waals surface area contributed by atoms with E-state index in [1.807, 2.05) is 13.8 Å². The van der Waals surface area contributed by atoms with Gasteiger partial charge in [0.15, 0.2) is 4.34 Å². The van der Waals surface area contributed by atoms with Gasteiger partial charge in [-0.2, -0.15) is 13.2 Å². The largest absolute Gasteiger partial charge is 0.466 e. The summed E-state index contributed by atoms with van der Waals surface area (Å²) in [5.41, 5.74) is 0. The lowest BCUT2D eigenvalue weighted by Gasteiger charge is -2.33. The number of nitrogens with one attached hydrogen (secondary N) is 1. The molecule has 0 bridgehead atoms. The van der Waals surface area contributed by atoms with Crippen molar-refractivity contribution in [2.24, 2.45) is 5.92 Å². The standard InChI is InChI=1S/C14H20F3N3O2S2/c1-8(2)22-12-19-20-13(24-12)23-7-11(21)18-10-6-4-3-5-9(10)14(15,16)17/h8-10H,3-7H2,1-2H3,(H,18,21)/t9-,10-/m0/s1. The van der Waals surface area contributed by atoms with Crippen LogP contribution in [0.3, 0.4) is 0 Å². The van der Waals surface area contributed by atoms with E-state index < -0.39 is 24.0 Å². The molecule has 1 amide bonds. The van der Waals surface area contributed by atoms with E-state index in [4.69, 9.17) is 4.74 Å². The van der Waals surface area contributed by atoms with Crippen LogP contribution in [0.1, 0.15) is 39.5 Å². The lowest BCUT2D eigenvalue weighted by molar-refractivity contribution is -0.189. The van der Waals surface area contributed by atoms with Gasteiger partial charge in [-0.05, 0) is 38.0 Å². The van der Waals surface area contributed by atoms with Gasteiger partial charge in [0, 0.05) is 6.04 Å². The zero-order valence-corrected chi connectivity index (χ0v) is 15.1. The number of carbonyl (C=O) groups is 1. The number of ether oxygens (including phenoxy) is 1. The molecule has 2 atom stereocenters. The van der Waals surface area contributed by atoms with Crippen LogP contribution < -0.4 is 10.1 Å². The maximum atomic E-state index is 13.0. The minimum absolute atomic E-state index is 0.0113. The third-order valence-corrected chi connectivity index (χ3v) is 5.53. The number of thioether (sulfide) groups is 1. The molecule has 136 valence electrons. The van der Waals surface area contributed by atoms with Crippen LogP contribution in [-0.4, -0.2) is 40.2 Å². The highest BCUT2D eigenvalue weighted by Gasteiger charge is 2.45. The van der Waals surface area contributed by atoms with Crippen LogP contribution in [0.4, 0.5) is 13.2 Å². The van der Waals surface area contributed by atoms with Gasteiger partial charge in [0.2, 0.25) is 5.91 Å². The normalized spacial score (nSPS) is 21.8. The third kappa shape index (κ3) is 5.80. The topological polar surface area (TPSA) is 64.1 Å². The van der Waals surface area contributed by atoms with Crippen molar-refractivity contribution >= 4 is 29.0 Å². The second kappa shape index (κ2) is 8.37. The Balaban J connectivity index is 1.83. The molecule has 0 saturated heterocycles. The van der Waals surface area contributed by atoms with Crippen LogP contribution in [0.2, 0.25) is 0 Å². The molecule has 1 N–H and O–H groups in total. The molecule has 1 aromatic rings. The van der Waals surface area contributed by atoms with Gasteiger partial charge in [-0.25, -0.2) is 0 Å². The van der Waals surface area contributed by atoms with Crippen molar-refractivity contribution in [1.29, 1.82) is 0 Å². The van der Waals surface area contributed by atoms with Crippen molar-refractivity contribution in [3.05, 3.63) is 0 Å². The van der Waals surface area contributed by atoms with Crippen molar-refractivity contribution in [3.8, 4) is 5.19 Å². The molecule has 1 fully saturated rings. The van der Waals surface area contributed by atoms with Crippen molar-refractivity contribution in [1.82, 2.24) is 15.5 Å². The minimum Gasteiger partial charge on any atom is -0.466 e. The molecule has 5 nitrogen and oxygen atoms in total. The molecule has 0 aliphatic heterocycles. The Morgan fingerprint density at radius 2 is 2.08 bits per heavy atom. The minimum atomic E-state index is -4.27. The highest BCUT2D eigenvalue weighted by atomic mass is 32.2. The third-order valence-electron chi connectivity index (χ3n) is 3.58. The van der Waals surface area contributed by atoms with Gasteiger partial charge >= 0.3 is 6.18 Å². The van der Waals surface area contributed by atoms with E-state index >= 15 is 0 Å². The molecule has 10 heteroatoms. The summed E-state index contributed by atoms with van der Waals surface area (Å²) >= 11 is 2.36. The maximum Gasteiger partial charge on any atom is 0.393 e. The monoisotopic (exact) mass is 383 g/mol. The van der Waals surface area contributed by atoms with E-state index in [9.17, 15) is 18.0 Å². The van der Waals surface area contributed by atoms with E-state index in [0.717, 1.165) is 11.8 Å².